The third kappa shape index (κ3) is 3.57. The number of hydrogen-bond donors (Lipinski definition) is 1. The van der Waals surface area contributed by atoms with Crippen molar-refractivity contribution in [3.63, 3.8) is 0 Å². The predicted octanol–water partition coefficient (Wildman–Crippen LogP) is 2.73. The number of carbonyl (C=O) groups is 1. The molecule has 1 aromatic heterocycles. The normalized spacial score (nSPS) is 17.3. The summed E-state index contributed by atoms with van der Waals surface area (Å²) in [4.78, 5) is 14.5. The number of nitrogens with zero attached hydrogens (tertiary/aromatic N) is 3. The van der Waals surface area contributed by atoms with Crippen molar-refractivity contribution in [3.8, 4) is 5.69 Å². The Morgan fingerprint density at radius 2 is 1.96 bits per heavy atom. The van der Waals surface area contributed by atoms with E-state index in [0.717, 1.165) is 31.6 Å². The summed E-state index contributed by atoms with van der Waals surface area (Å²) in [5.74, 6) is 0.546. The van der Waals surface area contributed by atoms with Crippen LogP contribution in [0.1, 0.15) is 30.1 Å². The molecule has 5 nitrogen and oxygen atoms in total. The number of likely N-dealkylation sites (tertiary alicyclic amines) is 1. The average Bonchev–Trinajstić information content (AvgIpc) is 3.05. The van der Waals surface area contributed by atoms with Crippen LogP contribution in [0.15, 0.2) is 36.7 Å². The minimum atomic E-state index is 0.0355. The number of piperidine rings is 1. The van der Waals surface area contributed by atoms with Gasteiger partial charge in [0.05, 0.1) is 17.4 Å². The Morgan fingerprint density at radius 3 is 2.57 bits per heavy atom. The van der Waals surface area contributed by atoms with E-state index in [2.05, 4.69) is 5.10 Å². The van der Waals surface area contributed by atoms with Crippen molar-refractivity contribution >= 4 is 17.5 Å². The molecule has 23 heavy (non-hydrogen) atoms. The minimum absolute atomic E-state index is 0.0355. The van der Waals surface area contributed by atoms with E-state index in [1.807, 2.05) is 24.0 Å². The Labute approximate surface area is 141 Å². The van der Waals surface area contributed by atoms with Crippen LogP contribution in [0.2, 0.25) is 5.02 Å². The van der Waals surface area contributed by atoms with Gasteiger partial charge in [0.2, 0.25) is 0 Å². The van der Waals surface area contributed by atoms with E-state index < -0.39 is 0 Å². The van der Waals surface area contributed by atoms with Crippen molar-refractivity contribution in [2.24, 2.45) is 11.7 Å². The summed E-state index contributed by atoms with van der Waals surface area (Å²) in [5, 5.41) is 4.96. The summed E-state index contributed by atoms with van der Waals surface area (Å²) in [6.45, 7) is 3.56. The summed E-state index contributed by atoms with van der Waals surface area (Å²) in [6.07, 6.45) is 5.32. The molecule has 1 amide bonds. The Bertz CT molecular complexity index is 672. The zero-order valence-electron chi connectivity index (χ0n) is 13.2. The summed E-state index contributed by atoms with van der Waals surface area (Å²) in [6, 6.07) is 7.55. The van der Waals surface area contributed by atoms with E-state index in [0.29, 0.717) is 16.5 Å². The van der Waals surface area contributed by atoms with Crippen LogP contribution in [0.5, 0.6) is 0 Å². The first-order valence-corrected chi connectivity index (χ1v) is 8.28. The van der Waals surface area contributed by atoms with E-state index in [1.165, 1.54) is 0 Å². The third-order valence-electron chi connectivity index (χ3n) is 4.49. The fraction of sp³-hybridized carbons (Fsp3) is 0.412. The first-order valence-electron chi connectivity index (χ1n) is 7.90. The quantitative estimate of drug-likeness (QED) is 0.940. The van der Waals surface area contributed by atoms with E-state index in [1.54, 1.807) is 29.2 Å². The Hall–Kier alpha value is -1.85. The van der Waals surface area contributed by atoms with Crippen LogP contribution in [-0.4, -0.2) is 39.7 Å². The maximum absolute atomic E-state index is 12.6. The topological polar surface area (TPSA) is 64.2 Å². The van der Waals surface area contributed by atoms with Gasteiger partial charge in [0.1, 0.15) is 0 Å². The highest BCUT2D eigenvalue weighted by Crippen LogP contribution is 2.21. The van der Waals surface area contributed by atoms with E-state index in [9.17, 15) is 4.79 Å². The fourth-order valence-electron chi connectivity index (χ4n) is 2.98. The minimum Gasteiger partial charge on any atom is -0.339 e. The lowest BCUT2D eigenvalue weighted by Gasteiger charge is -2.33. The van der Waals surface area contributed by atoms with Crippen molar-refractivity contribution in [1.82, 2.24) is 14.7 Å². The highest BCUT2D eigenvalue weighted by atomic mass is 35.5. The highest BCUT2D eigenvalue weighted by molar-refractivity contribution is 6.30. The monoisotopic (exact) mass is 332 g/mol. The second-order valence-electron chi connectivity index (χ2n) is 6.14. The lowest BCUT2D eigenvalue weighted by molar-refractivity contribution is 0.0681. The second-order valence-corrected chi connectivity index (χ2v) is 6.58. The molecule has 0 spiro atoms. The molecule has 2 aromatic rings. The molecule has 1 atom stereocenters. The Morgan fingerprint density at radius 1 is 1.30 bits per heavy atom. The number of carbonyl (C=O) groups excluding carboxylic acids is 1. The fourth-order valence-corrected chi connectivity index (χ4v) is 3.11. The van der Waals surface area contributed by atoms with Crippen molar-refractivity contribution in [2.75, 3.05) is 13.1 Å². The van der Waals surface area contributed by atoms with Crippen molar-refractivity contribution in [1.29, 1.82) is 0 Å². The predicted molar refractivity (Wildman–Crippen MR) is 90.9 cm³/mol. The third-order valence-corrected chi connectivity index (χ3v) is 4.74. The van der Waals surface area contributed by atoms with Gasteiger partial charge >= 0.3 is 0 Å². The molecule has 1 aromatic carbocycles. The van der Waals surface area contributed by atoms with Gasteiger partial charge in [-0.05, 0) is 49.9 Å². The van der Waals surface area contributed by atoms with Gasteiger partial charge in [0, 0.05) is 30.4 Å². The van der Waals surface area contributed by atoms with E-state index in [-0.39, 0.29) is 11.9 Å². The SMILES string of the molecule is CC(N)C1CCN(C(=O)c2cnn(-c3ccc(Cl)cc3)c2)CC1. The molecule has 1 saturated heterocycles. The molecule has 0 saturated carbocycles. The molecule has 1 aliphatic heterocycles. The average molecular weight is 333 g/mol. The molecule has 2 heterocycles. The van der Waals surface area contributed by atoms with Gasteiger partial charge in [-0.2, -0.15) is 5.10 Å². The van der Waals surface area contributed by atoms with Gasteiger partial charge in [-0.15, -0.1) is 0 Å². The number of aromatic nitrogens is 2. The van der Waals surface area contributed by atoms with Gasteiger partial charge in [-0.3, -0.25) is 4.79 Å². The highest BCUT2D eigenvalue weighted by Gasteiger charge is 2.26. The second kappa shape index (κ2) is 6.72. The van der Waals surface area contributed by atoms with Gasteiger partial charge in [0.25, 0.3) is 5.91 Å². The van der Waals surface area contributed by atoms with Gasteiger partial charge in [-0.25, -0.2) is 4.68 Å². The van der Waals surface area contributed by atoms with Crippen LogP contribution in [0.3, 0.4) is 0 Å². The lowest BCUT2D eigenvalue weighted by atomic mass is 9.91. The van der Waals surface area contributed by atoms with E-state index >= 15 is 0 Å². The van der Waals surface area contributed by atoms with Crippen LogP contribution in [-0.2, 0) is 0 Å². The van der Waals surface area contributed by atoms with Crippen LogP contribution in [0.25, 0.3) is 5.69 Å². The van der Waals surface area contributed by atoms with Crippen LogP contribution < -0.4 is 5.73 Å². The van der Waals surface area contributed by atoms with Crippen LogP contribution >= 0.6 is 11.6 Å². The van der Waals surface area contributed by atoms with Gasteiger partial charge in [0.15, 0.2) is 0 Å². The smallest absolute Gasteiger partial charge is 0.257 e. The lowest BCUT2D eigenvalue weighted by Crippen LogP contribution is -2.42. The molecule has 1 aliphatic rings. The van der Waals surface area contributed by atoms with E-state index in [4.69, 9.17) is 17.3 Å². The molecule has 3 rings (SSSR count). The molecule has 0 radical (unpaired) electrons. The molecule has 1 unspecified atom stereocenters. The summed E-state index contributed by atoms with van der Waals surface area (Å²) in [5.41, 5.74) is 7.44. The molecule has 6 heteroatoms. The number of hydrogen-bond acceptors (Lipinski definition) is 3. The molecule has 122 valence electrons. The first kappa shape index (κ1) is 16.0. The molecule has 2 N–H and O–H groups in total. The molecular formula is C17H21ClN4O. The Balaban J connectivity index is 1.68. The summed E-state index contributed by atoms with van der Waals surface area (Å²) < 4.78 is 1.69. The number of benzene rings is 1. The maximum Gasteiger partial charge on any atom is 0.257 e. The molecular weight excluding hydrogens is 312 g/mol. The van der Waals surface area contributed by atoms with Crippen LogP contribution in [0.4, 0.5) is 0 Å². The number of amides is 1. The van der Waals surface area contributed by atoms with Gasteiger partial charge < -0.3 is 10.6 Å². The number of halogens is 1. The summed E-state index contributed by atoms with van der Waals surface area (Å²) >= 11 is 5.89. The van der Waals surface area contributed by atoms with Crippen molar-refractivity contribution in [2.45, 2.75) is 25.8 Å². The number of nitrogens with two attached hydrogens (primary N) is 1. The number of rotatable bonds is 3. The van der Waals surface area contributed by atoms with Gasteiger partial charge in [-0.1, -0.05) is 11.6 Å². The summed E-state index contributed by atoms with van der Waals surface area (Å²) in [7, 11) is 0. The maximum atomic E-state index is 12.6. The largest absolute Gasteiger partial charge is 0.339 e. The molecule has 0 aliphatic carbocycles. The molecule has 0 bridgehead atoms. The first-order chi connectivity index (χ1) is 11.0. The molecule has 1 fully saturated rings. The Kier molecular flexibility index (Phi) is 4.68. The van der Waals surface area contributed by atoms with Crippen LogP contribution in [0, 0.1) is 5.92 Å². The van der Waals surface area contributed by atoms with Crippen molar-refractivity contribution in [3.05, 3.63) is 47.2 Å². The zero-order valence-corrected chi connectivity index (χ0v) is 13.9. The van der Waals surface area contributed by atoms with Crippen molar-refractivity contribution < 1.29 is 4.79 Å². The zero-order chi connectivity index (χ0) is 16.4. The standard InChI is InChI=1S/C17H21ClN4O/c1-12(19)13-6-8-21(9-7-13)17(23)14-10-20-22(11-14)16-4-2-15(18)3-5-16/h2-5,10-13H,6-9,19H2,1H3.